The molecule has 0 unspecified atom stereocenters. The SMILES string of the molecule is CCn1c(SCC(=O)c2ccc(C)cc2C)nnc1-c1cccc(Cl)c1. The first kappa shape index (κ1) is 18.7. The van der Waals surface area contributed by atoms with Gasteiger partial charge >= 0.3 is 0 Å². The van der Waals surface area contributed by atoms with Gasteiger partial charge in [0.15, 0.2) is 16.8 Å². The zero-order valence-corrected chi connectivity index (χ0v) is 16.6. The van der Waals surface area contributed by atoms with Crippen LogP contribution < -0.4 is 0 Å². The monoisotopic (exact) mass is 385 g/mol. The second kappa shape index (κ2) is 8.06. The van der Waals surface area contributed by atoms with E-state index < -0.39 is 0 Å². The number of aryl methyl sites for hydroxylation is 2. The molecule has 134 valence electrons. The predicted molar refractivity (Wildman–Crippen MR) is 107 cm³/mol. The van der Waals surface area contributed by atoms with Crippen molar-refractivity contribution in [2.24, 2.45) is 0 Å². The molecule has 26 heavy (non-hydrogen) atoms. The Morgan fingerprint density at radius 1 is 1.15 bits per heavy atom. The number of thioether (sulfide) groups is 1. The first-order valence-corrected chi connectivity index (χ1v) is 9.78. The third-order valence-corrected chi connectivity index (χ3v) is 5.33. The fourth-order valence-corrected chi connectivity index (χ4v) is 3.93. The zero-order valence-electron chi connectivity index (χ0n) is 15.0. The number of hydrogen-bond acceptors (Lipinski definition) is 4. The van der Waals surface area contributed by atoms with Gasteiger partial charge in [0.1, 0.15) is 0 Å². The fraction of sp³-hybridized carbons (Fsp3) is 0.250. The highest BCUT2D eigenvalue weighted by Crippen LogP contribution is 2.26. The summed E-state index contributed by atoms with van der Waals surface area (Å²) in [6.07, 6.45) is 0. The van der Waals surface area contributed by atoms with Crippen LogP contribution in [0.1, 0.15) is 28.4 Å². The Morgan fingerprint density at radius 3 is 2.65 bits per heavy atom. The van der Waals surface area contributed by atoms with Crippen molar-refractivity contribution in [3.63, 3.8) is 0 Å². The van der Waals surface area contributed by atoms with Crippen molar-refractivity contribution >= 4 is 29.1 Å². The smallest absolute Gasteiger partial charge is 0.191 e. The van der Waals surface area contributed by atoms with Crippen molar-refractivity contribution in [3.8, 4) is 11.4 Å². The van der Waals surface area contributed by atoms with Crippen LogP contribution in [0.25, 0.3) is 11.4 Å². The molecule has 2 aromatic carbocycles. The minimum atomic E-state index is 0.0995. The Kier molecular flexibility index (Phi) is 5.79. The minimum Gasteiger partial charge on any atom is -0.302 e. The molecule has 0 aliphatic heterocycles. The number of hydrogen-bond donors (Lipinski definition) is 0. The van der Waals surface area contributed by atoms with E-state index in [9.17, 15) is 4.79 Å². The number of carbonyl (C=O) groups excluding carboxylic acids is 1. The van der Waals surface area contributed by atoms with Gasteiger partial charge < -0.3 is 4.57 Å². The molecule has 0 radical (unpaired) electrons. The highest BCUT2D eigenvalue weighted by molar-refractivity contribution is 7.99. The first-order chi connectivity index (χ1) is 12.5. The Balaban J connectivity index is 1.79. The largest absolute Gasteiger partial charge is 0.302 e. The summed E-state index contributed by atoms with van der Waals surface area (Å²) in [4.78, 5) is 12.6. The van der Waals surface area contributed by atoms with Crippen molar-refractivity contribution in [2.75, 3.05) is 5.75 Å². The third-order valence-electron chi connectivity index (χ3n) is 4.13. The lowest BCUT2D eigenvalue weighted by Crippen LogP contribution is -2.07. The summed E-state index contributed by atoms with van der Waals surface area (Å²) in [6, 6.07) is 13.4. The van der Waals surface area contributed by atoms with Gasteiger partial charge in [-0.05, 0) is 38.5 Å². The number of rotatable bonds is 6. The van der Waals surface area contributed by atoms with E-state index in [4.69, 9.17) is 11.6 Å². The molecule has 0 aliphatic carbocycles. The number of ketones is 1. The van der Waals surface area contributed by atoms with E-state index in [1.54, 1.807) is 0 Å². The maximum absolute atomic E-state index is 12.6. The molecule has 0 N–H and O–H groups in total. The summed E-state index contributed by atoms with van der Waals surface area (Å²) in [6.45, 7) is 6.75. The lowest BCUT2D eigenvalue weighted by molar-refractivity contribution is 0.102. The average Bonchev–Trinajstić information content (AvgIpc) is 3.02. The Labute approximate surface area is 162 Å². The molecule has 4 nitrogen and oxygen atoms in total. The van der Waals surface area contributed by atoms with Gasteiger partial charge in [-0.25, -0.2) is 0 Å². The second-order valence-corrected chi connectivity index (χ2v) is 7.47. The molecule has 6 heteroatoms. The fourth-order valence-electron chi connectivity index (χ4n) is 2.86. The molecule has 0 fully saturated rings. The molecule has 0 spiro atoms. The Morgan fingerprint density at radius 2 is 1.96 bits per heavy atom. The summed E-state index contributed by atoms with van der Waals surface area (Å²) in [5.41, 5.74) is 3.84. The van der Waals surface area contributed by atoms with E-state index in [-0.39, 0.29) is 5.78 Å². The molecular weight excluding hydrogens is 366 g/mol. The van der Waals surface area contributed by atoms with Crippen molar-refractivity contribution < 1.29 is 4.79 Å². The van der Waals surface area contributed by atoms with E-state index in [0.717, 1.165) is 39.8 Å². The number of carbonyl (C=O) groups is 1. The Bertz CT molecular complexity index is 952. The molecule has 1 heterocycles. The summed E-state index contributed by atoms with van der Waals surface area (Å²) in [5.74, 6) is 1.19. The molecule has 0 saturated heterocycles. The summed E-state index contributed by atoms with van der Waals surface area (Å²) in [5, 5.41) is 9.97. The van der Waals surface area contributed by atoms with Gasteiger partial charge in [-0.3, -0.25) is 4.79 Å². The van der Waals surface area contributed by atoms with Crippen molar-refractivity contribution in [2.45, 2.75) is 32.5 Å². The predicted octanol–water partition coefficient (Wildman–Crippen LogP) is 5.21. The molecular formula is C20H20ClN3OS. The number of aromatic nitrogens is 3. The van der Waals surface area contributed by atoms with Crippen LogP contribution in [0.15, 0.2) is 47.6 Å². The van der Waals surface area contributed by atoms with Gasteiger partial charge in [-0.2, -0.15) is 0 Å². The normalized spacial score (nSPS) is 10.9. The number of nitrogens with zero attached hydrogens (tertiary/aromatic N) is 3. The van der Waals surface area contributed by atoms with Crippen LogP contribution in [0.5, 0.6) is 0 Å². The second-order valence-electron chi connectivity index (χ2n) is 6.09. The van der Waals surface area contributed by atoms with Gasteiger partial charge in [-0.1, -0.05) is 59.3 Å². The average molecular weight is 386 g/mol. The van der Waals surface area contributed by atoms with E-state index in [2.05, 4.69) is 10.2 Å². The van der Waals surface area contributed by atoms with E-state index in [1.165, 1.54) is 11.8 Å². The molecule has 0 bridgehead atoms. The quantitative estimate of drug-likeness (QED) is 0.431. The van der Waals surface area contributed by atoms with Gasteiger partial charge in [-0.15, -0.1) is 10.2 Å². The van der Waals surface area contributed by atoms with Crippen molar-refractivity contribution in [1.82, 2.24) is 14.8 Å². The molecule has 0 atom stereocenters. The molecule has 1 aromatic heterocycles. The van der Waals surface area contributed by atoms with Gasteiger partial charge in [0.25, 0.3) is 0 Å². The van der Waals surface area contributed by atoms with Crippen LogP contribution in [0.2, 0.25) is 5.02 Å². The van der Waals surface area contributed by atoms with Crippen LogP contribution >= 0.6 is 23.4 Å². The summed E-state index contributed by atoms with van der Waals surface area (Å²) >= 11 is 7.50. The number of benzene rings is 2. The van der Waals surface area contributed by atoms with Gasteiger partial charge in [0.2, 0.25) is 0 Å². The highest BCUT2D eigenvalue weighted by Gasteiger charge is 2.16. The van der Waals surface area contributed by atoms with Crippen LogP contribution in [0, 0.1) is 13.8 Å². The minimum absolute atomic E-state index is 0.0995. The summed E-state index contributed by atoms with van der Waals surface area (Å²) < 4.78 is 2.01. The van der Waals surface area contributed by atoms with Gasteiger partial charge in [0.05, 0.1) is 5.75 Å². The standard InChI is InChI=1S/C20H20ClN3OS/c1-4-24-19(15-6-5-7-16(21)11-15)22-23-20(24)26-12-18(25)17-9-8-13(2)10-14(17)3/h5-11H,4,12H2,1-3H3. The topological polar surface area (TPSA) is 47.8 Å². The first-order valence-electron chi connectivity index (χ1n) is 8.42. The molecule has 3 rings (SSSR count). The van der Waals surface area contributed by atoms with Crippen molar-refractivity contribution in [3.05, 3.63) is 64.2 Å². The van der Waals surface area contributed by atoms with Crippen LogP contribution in [0.4, 0.5) is 0 Å². The van der Waals surface area contributed by atoms with Crippen LogP contribution in [0.3, 0.4) is 0 Å². The van der Waals surface area contributed by atoms with Crippen molar-refractivity contribution in [1.29, 1.82) is 0 Å². The van der Waals surface area contributed by atoms with Crippen LogP contribution in [-0.2, 0) is 6.54 Å². The van der Waals surface area contributed by atoms with E-state index in [1.807, 2.05) is 67.8 Å². The third kappa shape index (κ3) is 4.00. The molecule has 0 amide bonds. The van der Waals surface area contributed by atoms with Crippen LogP contribution in [-0.4, -0.2) is 26.3 Å². The maximum Gasteiger partial charge on any atom is 0.191 e. The summed E-state index contributed by atoms with van der Waals surface area (Å²) in [7, 11) is 0. The lowest BCUT2D eigenvalue weighted by Gasteiger charge is -2.08. The Hall–Kier alpha value is -2.11. The number of halogens is 1. The number of Topliss-reactive ketones (excluding diaryl/α,β-unsaturated/α-hetero) is 1. The highest BCUT2D eigenvalue weighted by atomic mass is 35.5. The molecule has 0 saturated carbocycles. The molecule has 3 aromatic rings. The zero-order chi connectivity index (χ0) is 18.7. The van der Waals surface area contributed by atoms with E-state index in [0.29, 0.717) is 10.8 Å². The maximum atomic E-state index is 12.6. The lowest BCUT2D eigenvalue weighted by atomic mass is 10.0. The molecule has 0 aliphatic rings. The van der Waals surface area contributed by atoms with Gasteiger partial charge in [0, 0.05) is 22.7 Å². The van der Waals surface area contributed by atoms with E-state index >= 15 is 0 Å².